The van der Waals surface area contributed by atoms with Gasteiger partial charge in [-0.15, -0.1) is 0 Å². The molecule has 5 rings (SSSR count). The van der Waals surface area contributed by atoms with E-state index in [9.17, 15) is 19.8 Å². The number of H-pyrrole nitrogens is 2. The monoisotopic (exact) mass is 453 g/mol. The molecule has 2 heterocycles. The lowest BCUT2D eigenvalue weighted by Crippen LogP contribution is -2.38. The molecule has 7 nitrogen and oxygen atoms in total. The quantitative estimate of drug-likeness (QED) is 0.254. The lowest BCUT2D eigenvalue weighted by molar-refractivity contribution is -0.139. The molecule has 0 saturated carbocycles. The Balaban J connectivity index is 1.33. The first-order valence-electron chi connectivity index (χ1n) is 11.0. The largest absolute Gasteiger partial charge is 0.506 e. The summed E-state index contributed by atoms with van der Waals surface area (Å²) in [6, 6.07) is 21.3. The third-order valence-electron chi connectivity index (χ3n) is 6.09. The number of fused-ring (bicyclic) bond motifs is 2. The van der Waals surface area contributed by atoms with Gasteiger partial charge >= 0.3 is 5.97 Å². The molecule has 3 aromatic carbocycles. The van der Waals surface area contributed by atoms with Crippen LogP contribution in [0.2, 0.25) is 0 Å². The number of aromatic nitrogens is 2. The van der Waals surface area contributed by atoms with Crippen LogP contribution in [0.3, 0.4) is 0 Å². The summed E-state index contributed by atoms with van der Waals surface area (Å²) in [4.78, 5) is 30.4. The predicted octanol–water partition coefficient (Wildman–Crippen LogP) is 4.17. The molecule has 0 fully saturated rings. The number of aliphatic carboxylic acids is 1. The summed E-state index contributed by atoms with van der Waals surface area (Å²) in [6.45, 7) is 0.347. The van der Waals surface area contributed by atoms with Crippen molar-refractivity contribution < 1.29 is 15.0 Å². The maximum Gasteiger partial charge on any atom is 0.321 e. The molecular formula is C27H23N3O4. The fourth-order valence-electron chi connectivity index (χ4n) is 4.29. The van der Waals surface area contributed by atoms with Gasteiger partial charge in [-0.2, -0.15) is 0 Å². The smallest absolute Gasteiger partial charge is 0.321 e. The van der Waals surface area contributed by atoms with Crippen LogP contribution >= 0.6 is 0 Å². The molecule has 0 radical (unpaired) electrons. The van der Waals surface area contributed by atoms with Gasteiger partial charge < -0.3 is 25.5 Å². The van der Waals surface area contributed by atoms with E-state index in [0.29, 0.717) is 29.4 Å². The van der Waals surface area contributed by atoms with Crippen molar-refractivity contribution in [2.24, 2.45) is 0 Å². The number of carboxylic acid groups (broad SMARTS) is 1. The van der Waals surface area contributed by atoms with E-state index in [2.05, 4.69) is 15.3 Å². The molecule has 1 atom stereocenters. The van der Waals surface area contributed by atoms with Gasteiger partial charge in [0.15, 0.2) is 0 Å². The van der Waals surface area contributed by atoms with E-state index in [-0.39, 0.29) is 16.9 Å². The van der Waals surface area contributed by atoms with Gasteiger partial charge in [-0.3, -0.25) is 9.59 Å². The molecule has 34 heavy (non-hydrogen) atoms. The second-order valence-electron chi connectivity index (χ2n) is 8.26. The van der Waals surface area contributed by atoms with Gasteiger partial charge in [-0.1, -0.05) is 54.6 Å². The molecule has 0 aliphatic carbocycles. The number of nitrogens with one attached hydrogen (secondary N) is 3. The lowest BCUT2D eigenvalue weighted by atomic mass is 10.0. The van der Waals surface area contributed by atoms with Crippen molar-refractivity contribution in [2.45, 2.75) is 19.0 Å². The molecule has 0 aliphatic rings. The van der Waals surface area contributed by atoms with Gasteiger partial charge in [-0.25, -0.2) is 0 Å². The van der Waals surface area contributed by atoms with Crippen LogP contribution in [0.4, 0.5) is 0 Å². The first-order chi connectivity index (χ1) is 16.5. The Morgan fingerprint density at radius 1 is 0.912 bits per heavy atom. The first-order valence-corrected chi connectivity index (χ1v) is 11.0. The lowest BCUT2D eigenvalue weighted by Gasteiger charge is -2.15. The molecule has 7 heteroatoms. The highest BCUT2D eigenvalue weighted by atomic mass is 16.4. The number of carbonyl (C=O) groups is 1. The molecule has 0 amide bonds. The summed E-state index contributed by atoms with van der Waals surface area (Å²) in [5.41, 5.74) is 3.78. The molecule has 0 saturated heterocycles. The number of aromatic hydroxyl groups is 1. The summed E-state index contributed by atoms with van der Waals surface area (Å²) in [5.74, 6) is -0.982. The minimum atomic E-state index is -0.922. The van der Waals surface area contributed by atoms with E-state index in [1.165, 1.54) is 0 Å². The molecule has 2 aromatic heterocycles. The van der Waals surface area contributed by atoms with Gasteiger partial charge in [0.2, 0.25) is 0 Å². The minimum absolute atomic E-state index is 0.0603. The van der Waals surface area contributed by atoms with Crippen LogP contribution in [-0.2, 0) is 17.8 Å². The van der Waals surface area contributed by atoms with E-state index in [0.717, 1.165) is 22.0 Å². The Hall–Kier alpha value is -4.36. The second kappa shape index (κ2) is 8.88. The van der Waals surface area contributed by atoms with Crippen LogP contribution in [0.5, 0.6) is 5.75 Å². The number of carboxylic acids is 1. The molecule has 0 aliphatic heterocycles. The first kappa shape index (κ1) is 21.5. The molecule has 0 unspecified atom stereocenters. The van der Waals surface area contributed by atoms with Crippen molar-refractivity contribution in [2.75, 3.05) is 0 Å². The molecule has 170 valence electrons. The molecule has 0 spiro atoms. The van der Waals surface area contributed by atoms with E-state index in [1.807, 2.05) is 42.6 Å². The van der Waals surface area contributed by atoms with Crippen LogP contribution in [0.1, 0.15) is 11.1 Å². The highest BCUT2D eigenvalue weighted by molar-refractivity contribution is 5.91. The van der Waals surface area contributed by atoms with Crippen molar-refractivity contribution in [1.29, 1.82) is 0 Å². The highest BCUT2D eigenvalue weighted by Crippen LogP contribution is 2.31. The van der Waals surface area contributed by atoms with E-state index in [4.69, 9.17) is 0 Å². The fraction of sp³-hybridized carbons (Fsp3) is 0.111. The molecule has 5 N–H and O–H groups in total. The topological polar surface area (TPSA) is 118 Å². The zero-order chi connectivity index (χ0) is 23.7. The third-order valence-corrected chi connectivity index (χ3v) is 6.09. The third kappa shape index (κ3) is 4.04. The Bertz CT molecular complexity index is 1550. The number of benzene rings is 3. The number of aromatic amines is 2. The van der Waals surface area contributed by atoms with Crippen molar-refractivity contribution in [3.63, 3.8) is 0 Å². The van der Waals surface area contributed by atoms with Crippen LogP contribution in [-0.4, -0.2) is 32.2 Å². The molecule has 5 aromatic rings. The Morgan fingerprint density at radius 2 is 1.59 bits per heavy atom. The van der Waals surface area contributed by atoms with Crippen molar-refractivity contribution in [1.82, 2.24) is 15.3 Å². The second-order valence-corrected chi connectivity index (χ2v) is 8.26. The molecule has 0 bridgehead atoms. The fourth-order valence-corrected chi connectivity index (χ4v) is 4.29. The summed E-state index contributed by atoms with van der Waals surface area (Å²) >= 11 is 0. The van der Waals surface area contributed by atoms with Crippen LogP contribution in [0.25, 0.3) is 32.9 Å². The summed E-state index contributed by atoms with van der Waals surface area (Å²) in [5, 5.41) is 25.1. The zero-order valence-electron chi connectivity index (χ0n) is 18.2. The van der Waals surface area contributed by atoms with Gasteiger partial charge in [0.25, 0.3) is 5.56 Å². The van der Waals surface area contributed by atoms with Gasteiger partial charge in [-0.05, 0) is 34.9 Å². The van der Waals surface area contributed by atoms with Crippen molar-refractivity contribution in [3.05, 3.63) is 100 Å². The minimum Gasteiger partial charge on any atom is -0.506 e. The zero-order valence-corrected chi connectivity index (χ0v) is 18.2. The average Bonchev–Trinajstić information content (AvgIpc) is 3.25. The summed E-state index contributed by atoms with van der Waals surface area (Å²) in [7, 11) is 0. The highest BCUT2D eigenvalue weighted by Gasteiger charge is 2.19. The number of hydrogen-bond donors (Lipinski definition) is 5. The van der Waals surface area contributed by atoms with Gasteiger partial charge in [0, 0.05) is 35.5 Å². The number of para-hydroxylation sites is 2. The predicted molar refractivity (Wildman–Crippen MR) is 132 cm³/mol. The number of pyridine rings is 1. The average molecular weight is 453 g/mol. The van der Waals surface area contributed by atoms with Gasteiger partial charge in [0.1, 0.15) is 11.8 Å². The number of hydrogen-bond acceptors (Lipinski definition) is 4. The Morgan fingerprint density at radius 3 is 2.32 bits per heavy atom. The van der Waals surface area contributed by atoms with E-state index in [1.54, 1.807) is 36.4 Å². The maximum absolute atomic E-state index is 12.6. The van der Waals surface area contributed by atoms with Gasteiger partial charge in [0.05, 0.1) is 11.1 Å². The van der Waals surface area contributed by atoms with Crippen LogP contribution in [0.15, 0.2) is 83.8 Å². The van der Waals surface area contributed by atoms with Crippen molar-refractivity contribution >= 4 is 27.8 Å². The standard InChI is InChI=1S/C27H23N3O4/c31-25-20-6-2-4-8-22(20)30-26(32)24(25)17-11-9-16(10-12-17)14-28-23(27(33)34)13-18-15-29-21-7-3-1-5-19(18)21/h1-12,15,23,28-29H,13-14H2,(H,33,34)(H2,30,31,32)/t23-/m0/s1. The Kier molecular flexibility index (Phi) is 5.61. The number of rotatable bonds is 7. The summed E-state index contributed by atoms with van der Waals surface area (Å²) in [6.07, 6.45) is 2.20. The van der Waals surface area contributed by atoms with Crippen molar-refractivity contribution in [3.8, 4) is 16.9 Å². The summed E-state index contributed by atoms with van der Waals surface area (Å²) < 4.78 is 0. The van der Waals surface area contributed by atoms with E-state index < -0.39 is 12.0 Å². The normalized spacial score (nSPS) is 12.2. The van der Waals surface area contributed by atoms with Crippen LogP contribution in [0, 0.1) is 0 Å². The van der Waals surface area contributed by atoms with Crippen LogP contribution < -0.4 is 10.9 Å². The maximum atomic E-state index is 12.6. The molecular weight excluding hydrogens is 430 g/mol. The Labute approximate surface area is 194 Å². The SMILES string of the molecule is O=C(O)[C@H](Cc1c[nH]c2ccccc12)NCc1ccc(-c2c(O)c3ccccc3[nH]c2=O)cc1. The van der Waals surface area contributed by atoms with E-state index >= 15 is 0 Å².